The third kappa shape index (κ3) is 3.26. The van der Waals surface area contributed by atoms with Gasteiger partial charge in [0.15, 0.2) is 11.5 Å². The average molecular weight is 400 g/mol. The van der Waals surface area contributed by atoms with Crippen LogP contribution in [-0.4, -0.2) is 23.5 Å². The topological polar surface area (TPSA) is 67.9 Å². The van der Waals surface area contributed by atoms with Crippen molar-refractivity contribution in [3.63, 3.8) is 0 Å². The molecule has 2 aliphatic heterocycles. The number of carbonyl (C=O) groups is 2. The number of hydrogen-bond donors (Lipinski definition) is 1. The molecule has 0 bridgehead atoms. The Morgan fingerprint density at radius 3 is 2.57 bits per heavy atom. The molecule has 2 aliphatic rings. The Morgan fingerprint density at radius 2 is 1.73 bits per heavy atom. The lowest BCUT2D eigenvalue weighted by Gasteiger charge is -2.27. The Labute approximate surface area is 174 Å². The predicted molar refractivity (Wildman–Crippen MR) is 110 cm³/mol. The van der Waals surface area contributed by atoms with Crippen LogP contribution in [0.15, 0.2) is 72.8 Å². The van der Waals surface area contributed by atoms with Gasteiger partial charge in [-0.15, -0.1) is 0 Å². The number of rotatable bonds is 5. The molecule has 150 valence electrons. The van der Waals surface area contributed by atoms with E-state index in [1.807, 2.05) is 72.8 Å². The van der Waals surface area contributed by atoms with Crippen LogP contribution in [0.2, 0.25) is 0 Å². The van der Waals surface area contributed by atoms with Crippen LogP contribution in [0.1, 0.15) is 33.1 Å². The van der Waals surface area contributed by atoms with Crippen LogP contribution < -0.4 is 14.8 Å². The lowest BCUT2D eigenvalue weighted by atomic mass is 10.0. The van der Waals surface area contributed by atoms with E-state index < -0.39 is 6.04 Å². The van der Waals surface area contributed by atoms with Gasteiger partial charge in [-0.2, -0.15) is 0 Å². The van der Waals surface area contributed by atoms with E-state index in [-0.39, 0.29) is 18.6 Å². The van der Waals surface area contributed by atoms with E-state index in [1.165, 1.54) is 0 Å². The van der Waals surface area contributed by atoms with Crippen LogP contribution in [0.3, 0.4) is 0 Å². The second-order valence-electron chi connectivity index (χ2n) is 7.31. The number of ether oxygens (including phenoxy) is 2. The maximum absolute atomic E-state index is 13.3. The highest BCUT2D eigenvalue weighted by Gasteiger charge is 2.37. The predicted octanol–water partition coefficient (Wildman–Crippen LogP) is 3.43. The van der Waals surface area contributed by atoms with Gasteiger partial charge in [-0.25, -0.2) is 0 Å². The lowest BCUT2D eigenvalue weighted by molar-refractivity contribution is -0.126. The van der Waals surface area contributed by atoms with E-state index in [1.54, 1.807) is 4.90 Å². The van der Waals surface area contributed by atoms with Gasteiger partial charge in [0.1, 0.15) is 6.04 Å². The summed E-state index contributed by atoms with van der Waals surface area (Å²) in [5, 5.41) is 2.98. The van der Waals surface area contributed by atoms with Crippen molar-refractivity contribution in [1.82, 2.24) is 10.2 Å². The summed E-state index contributed by atoms with van der Waals surface area (Å²) in [6, 6.07) is 21.8. The molecule has 0 saturated carbocycles. The van der Waals surface area contributed by atoms with Crippen molar-refractivity contribution in [3.05, 3.63) is 95.1 Å². The third-order valence-corrected chi connectivity index (χ3v) is 5.43. The van der Waals surface area contributed by atoms with Gasteiger partial charge >= 0.3 is 0 Å². The monoisotopic (exact) mass is 400 g/mol. The summed E-state index contributed by atoms with van der Waals surface area (Å²) in [6.07, 6.45) is 0. The molecule has 1 unspecified atom stereocenters. The van der Waals surface area contributed by atoms with Gasteiger partial charge in [-0.05, 0) is 34.9 Å². The smallest absolute Gasteiger partial charge is 0.255 e. The van der Waals surface area contributed by atoms with Gasteiger partial charge in [-0.1, -0.05) is 54.6 Å². The number of carbonyl (C=O) groups excluding carboxylic acids is 2. The summed E-state index contributed by atoms with van der Waals surface area (Å²) in [7, 11) is 0. The largest absolute Gasteiger partial charge is 0.454 e. The first kappa shape index (κ1) is 18.2. The molecule has 1 atom stereocenters. The van der Waals surface area contributed by atoms with Crippen molar-refractivity contribution < 1.29 is 19.1 Å². The van der Waals surface area contributed by atoms with Crippen molar-refractivity contribution in [2.45, 2.75) is 19.1 Å². The second-order valence-corrected chi connectivity index (χ2v) is 7.31. The molecule has 1 N–H and O–H groups in total. The van der Waals surface area contributed by atoms with Gasteiger partial charge in [0, 0.05) is 18.7 Å². The normalized spacial score (nSPS) is 15.1. The SMILES string of the molecule is O=C(NCc1ccc2c(c1)OCO2)C(c1ccccc1)N1Cc2ccccc2C1=O. The van der Waals surface area contributed by atoms with Crippen molar-refractivity contribution in [1.29, 1.82) is 0 Å². The number of fused-ring (bicyclic) bond motifs is 2. The Bertz CT molecular complexity index is 1110. The molecule has 30 heavy (non-hydrogen) atoms. The minimum Gasteiger partial charge on any atom is -0.454 e. The zero-order valence-electron chi connectivity index (χ0n) is 16.2. The van der Waals surface area contributed by atoms with Crippen LogP contribution in [0.5, 0.6) is 11.5 Å². The highest BCUT2D eigenvalue weighted by Crippen LogP contribution is 2.33. The molecule has 0 aliphatic carbocycles. The third-order valence-electron chi connectivity index (χ3n) is 5.43. The lowest BCUT2D eigenvalue weighted by Crippen LogP contribution is -2.40. The van der Waals surface area contributed by atoms with Crippen LogP contribution in [0.25, 0.3) is 0 Å². The fourth-order valence-electron chi connectivity index (χ4n) is 3.93. The highest BCUT2D eigenvalue weighted by atomic mass is 16.7. The van der Waals surface area contributed by atoms with Gasteiger partial charge < -0.3 is 19.7 Å². The van der Waals surface area contributed by atoms with E-state index >= 15 is 0 Å². The first-order valence-corrected chi connectivity index (χ1v) is 9.81. The molecule has 0 saturated heterocycles. The fraction of sp³-hybridized carbons (Fsp3) is 0.167. The standard InChI is InChI=1S/C24H20N2O4/c27-23(25-13-16-10-11-20-21(12-16)30-15-29-20)22(17-6-2-1-3-7-17)26-14-18-8-4-5-9-19(18)24(26)28/h1-12,22H,13-15H2,(H,25,27). The zero-order valence-corrected chi connectivity index (χ0v) is 16.2. The van der Waals surface area contributed by atoms with Crippen molar-refractivity contribution >= 4 is 11.8 Å². The molecule has 2 amide bonds. The van der Waals surface area contributed by atoms with E-state index in [2.05, 4.69) is 5.32 Å². The summed E-state index contributed by atoms with van der Waals surface area (Å²) in [6.45, 7) is 0.943. The Hall–Kier alpha value is -3.80. The summed E-state index contributed by atoms with van der Waals surface area (Å²) in [4.78, 5) is 27.9. The molecule has 6 heteroatoms. The Balaban J connectivity index is 1.39. The number of benzene rings is 3. The van der Waals surface area contributed by atoms with Gasteiger partial charge in [-0.3, -0.25) is 9.59 Å². The van der Waals surface area contributed by atoms with E-state index in [0.717, 1.165) is 16.7 Å². The maximum Gasteiger partial charge on any atom is 0.255 e. The fourth-order valence-corrected chi connectivity index (χ4v) is 3.93. The molecule has 2 heterocycles. The second kappa shape index (κ2) is 7.55. The molecule has 3 aromatic rings. The van der Waals surface area contributed by atoms with Crippen LogP contribution in [0, 0.1) is 0 Å². The van der Waals surface area contributed by atoms with E-state index in [9.17, 15) is 9.59 Å². The molecule has 0 fully saturated rings. The van der Waals surface area contributed by atoms with Gasteiger partial charge in [0.25, 0.3) is 5.91 Å². The minimum absolute atomic E-state index is 0.127. The molecular formula is C24H20N2O4. The van der Waals surface area contributed by atoms with Crippen LogP contribution in [0.4, 0.5) is 0 Å². The molecular weight excluding hydrogens is 380 g/mol. The summed E-state index contributed by atoms with van der Waals surface area (Å²) < 4.78 is 10.7. The molecule has 5 rings (SSSR count). The van der Waals surface area contributed by atoms with Crippen molar-refractivity contribution in [2.24, 2.45) is 0 Å². The van der Waals surface area contributed by atoms with E-state index in [0.29, 0.717) is 30.2 Å². The molecule has 0 aromatic heterocycles. The van der Waals surface area contributed by atoms with Gasteiger partial charge in [0.2, 0.25) is 12.7 Å². The summed E-state index contributed by atoms with van der Waals surface area (Å²) >= 11 is 0. The average Bonchev–Trinajstić information content (AvgIpc) is 3.38. The van der Waals surface area contributed by atoms with E-state index in [4.69, 9.17) is 9.47 Å². The molecule has 0 radical (unpaired) electrons. The number of nitrogens with zero attached hydrogens (tertiary/aromatic N) is 1. The summed E-state index contributed by atoms with van der Waals surface area (Å²) in [5.74, 6) is 1.02. The Morgan fingerprint density at radius 1 is 0.967 bits per heavy atom. The number of nitrogens with one attached hydrogen (secondary N) is 1. The quantitative estimate of drug-likeness (QED) is 0.713. The summed E-state index contributed by atoms with van der Waals surface area (Å²) in [5.41, 5.74) is 3.27. The Kier molecular flexibility index (Phi) is 4.59. The van der Waals surface area contributed by atoms with Crippen LogP contribution >= 0.6 is 0 Å². The first-order chi connectivity index (χ1) is 14.7. The van der Waals surface area contributed by atoms with Crippen molar-refractivity contribution in [2.75, 3.05) is 6.79 Å². The molecule has 3 aromatic carbocycles. The number of hydrogen-bond acceptors (Lipinski definition) is 4. The first-order valence-electron chi connectivity index (χ1n) is 9.81. The zero-order chi connectivity index (χ0) is 20.5. The molecule has 6 nitrogen and oxygen atoms in total. The van der Waals surface area contributed by atoms with Crippen LogP contribution in [-0.2, 0) is 17.9 Å². The molecule has 0 spiro atoms. The minimum atomic E-state index is -0.708. The van der Waals surface area contributed by atoms with Crippen molar-refractivity contribution in [3.8, 4) is 11.5 Å². The highest BCUT2D eigenvalue weighted by molar-refractivity contribution is 6.01. The van der Waals surface area contributed by atoms with Gasteiger partial charge in [0.05, 0.1) is 0 Å². The number of amides is 2. The maximum atomic E-state index is 13.3.